The van der Waals surface area contributed by atoms with Gasteiger partial charge in [-0.15, -0.1) is 0 Å². The predicted octanol–water partition coefficient (Wildman–Crippen LogP) is 0.747. The second-order valence-electron chi connectivity index (χ2n) is 3.64. The summed E-state index contributed by atoms with van der Waals surface area (Å²) in [6.45, 7) is 0.300. The number of carboxylic acid groups (broad SMARTS) is 1. The molecule has 0 heterocycles. The molecule has 0 aliphatic carbocycles. The molecule has 6 heteroatoms. The van der Waals surface area contributed by atoms with Gasteiger partial charge in [-0.05, 0) is 17.7 Å². The summed E-state index contributed by atoms with van der Waals surface area (Å²) in [5, 5.41) is 11.7. The van der Waals surface area contributed by atoms with E-state index in [1.165, 1.54) is 18.4 Å². The Morgan fingerprint density at radius 1 is 1.47 bits per heavy atom. The first-order valence-electron chi connectivity index (χ1n) is 4.99. The van der Waals surface area contributed by atoms with Crippen LogP contribution in [0.15, 0.2) is 24.3 Å². The van der Waals surface area contributed by atoms with Gasteiger partial charge in [0.15, 0.2) is 0 Å². The van der Waals surface area contributed by atoms with E-state index in [0.717, 1.165) is 5.56 Å². The minimum absolute atomic E-state index is 0.0521. The molecule has 0 bridgehead atoms. The summed E-state index contributed by atoms with van der Waals surface area (Å²) in [6.07, 6.45) is 1.45. The average Bonchev–Trinajstić information content (AvgIpc) is 2.25. The van der Waals surface area contributed by atoms with Gasteiger partial charge in [0.2, 0.25) is 0 Å². The lowest BCUT2D eigenvalue weighted by atomic mass is 10.2. The molecular weight excluding hydrogens is 245 g/mol. The minimum Gasteiger partial charge on any atom is -0.480 e. The molecule has 0 spiro atoms. The molecule has 17 heavy (non-hydrogen) atoms. The fourth-order valence-electron chi connectivity index (χ4n) is 1.30. The van der Waals surface area contributed by atoms with Crippen molar-refractivity contribution in [3.05, 3.63) is 35.6 Å². The molecule has 0 aliphatic heterocycles. The van der Waals surface area contributed by atoms with E-state index < -0.39 is 22.8 Å². The summed E-state index contributed by atoms with van der Waals surface area (Å²) >= 11 is 0. The Kier molecular flexibility index (Phi) is 5.24. The van der Waals surface area contributed by atoms with E-state index in [0.29, 0.717) is 6.54 Å². The van der Waals surface area contributed by atoms with Gasteiger partial charge in [-0.3, -0.25) is 14.3 Å². The normalized spacial score (nSPS) is 14.2. The van der Waals surface area contributed by atoms with Gasteiger partial charge in [0, 0.05) is 29.4 Å². The number of halogens is 1. The molecule has 4 nitrogen and oxygen atoms in total. The largest absolute Gasteiger partial charge is 0.480 e. The summed E-state index contributed by atoms with van der Waals surface area (Å²) in [5.74, 6) is -1.32. The molecule has 1 aromatic carbocycles. The van der Waals surface area contributed by atoms with Crippen LogP contribution in [-0.2, 0) is 22.1 Å². The molecule has 0 fully saturated rings. The van der Waals surface area contributed by atoms with Crippen LogP contribution in [0.1, 0.15) is 5.56 Å². The Balaban J connectivity index is 2.54. The summed E-state index contributed by atoms with van der Waals surface area (Å²) in [7, 11) is -1.18. The predicted molar refractivity (Wildman–Crippen MR) is 63.6 cm³/mol. The van der Waals surface area contributed by atoms with Crippen LogP contribution in [0.4, 0.5) is 4.39 Å². The van der Waals surface area contributed by atoms with Crippen molar-refractivity contribution in [3.63, 3.8) is 0 Å². The van der Waals surface area contributed by atoms with Crippen molar-refractivity contribution in [3.8, 4) is 0 Å². The molecule has 94 valence electrons. The Morgan fingerprint density at radius 2 is 2.06 bits per heavy atom. The molecule has 0 radical (unpaired) electrons. The number of carbonyl (C=O) groups is 1. The molecule has 0 saturated carbocycles. The van der Waals surface area contributed by atoms with Gasteiger partial charge in [-0.25, -0.2) is 4.39 Å². The molecule has 0 aromatic heterocycles. The second-order valence-corrected chi connectivity index (χ2v) is 5.12. The summed E-state index contributed by atoms with van der Waals surface area (Å²) in [4.78, 5) is 10.9. The van der Waals surface area contributed by atoms with Crippen molar-refractivity contribution in [2.75, 3.05) is 12.0 Å². The first kappa shape index (κ1) is 13.8. The first-order chi connectivity index (χ1) is 7.99. The molecule has 1 aromatic rings. The summed E-state index contributed by atoms with van der Waals surface area (Å²) in [5.41, 5.74) is 0.777. The van der Waals surface area contributed by atoms with Crippen molar-refractivity contribution in [2.45, 2.75) is 12.6 Å². The quantitative estimate of drug-likeness (QED) is 0.791. The number of carboxylic acids is 1. The fraction of sp³-hybridized carbons (Fsp3) is 0.364. The van der Waals surface area contributed by atoms with Crippen molar-refractivity contribution < 1.29 is 18.5 Å². The maximum atomic E-state index is 12.6. The minimum atomic E-state index is -1.18. The number of hydrogen-bond donors (Lipinski definition) is 2. The summed E-state index contributed by atoms with van der Waals surface area (Å²) < 4.78 is 23.6. The van der Waals surface area contributed by atoms with Crippen molar-refractivity contribution >= 4 is 16.8 Å². The van der Waals surface area contributed by atoms with Crippen molar-refractivity contribution in [1.29, 1.82) is 0 Å². The molecule has 0 saturated heterocycles. The zero-order valence-corrected chi connectivity index (χ0v) is 10.2. The molecule has 1 unspecified atom stereocenters. The number of rotatable bonds is 6. The van der Waals surface area contributed by atoms with Crippen LogP contribution < -0.4 is 5.32 Å². The lowest BCUT2D eigenvalue weighted by molar-refractivity contribution is -0.138. The lowest BCUT2D eigenvalue weighted by Gasteiger charge is -2.12. The number of aliphatic carboxylic acids is 1. The van der Waals surface area contributed by atoms with Gasteiger partial charge in [0.25, 0.3) is 0 Å². The van der Waals surface area contributed by atoms with Gasteiger partial charge < -0.3 is 5.11 Å². The van der Waals surface area contributed by atoms with Crippen LogP contribution in [-0.4, -0.2) is 33.3 Å². The Bertz CT molecular complexity index is 408. The third-order valence-corrected chi connectivity index (χ3v) is 2.97. The molecule has 1 rings (SSSR count). The first-order valence-corrected chi connectivity index (χ1v) is 6.72. The average molecular weight is 259 g/mol. The van der Waals surface area contributed by atoms with Gasteiger partial charge in [0.1, 0.15) is 11.9 Å². The number of nitrogens with one attached hydrogen (secondary N) is 1. The number of hydrogen-bond acceptors (Lipinski definition) is 3. The zero-order chi connectivity index (χ0) is 12.8. The standard InChI is InChI=1S/C11H14FNO3S/c1-17(16)7-10(11(14)15)13-6-8-2-4-9(12)5-3-8/h2-5,10,13H,6-7H2,1H3,(H,14,15)/t10-,17?/m0/s1. The van der Waals surface area contributed by atoms with Gasteiger partial charge in [-0.2, -0.15) is 0 Å². The topological polar surface area (TPSA) is 66.4 Å². The van der Waals surface area contributed by atoms with E-state index in [1.807, 2.05) is 0 Å². The Morgan fingerprint density at radius 3 is 2.53 bits per heavy atom. The van der Waals surface area contributed by atoms with Crippen LogP contribution in [0.3, 0.4) is 0 Å². The zero-order valence-electron chi connectivity index (χ0n) is 9.35. The molecular formula is C11H14FNO3S. The van der Waals surface area contributed by atoms with Gasteiger partial charge in [-0.1, -0.05) is 12.1 Å². The van der Waals surface area contributed by atoms with Crippen molar-refractivity contribution in [2.24, 2.45) is 0 Å². The van der Waals surface area contributed by atoms with Crippen molar-refractivity contribution in [1.82, 2.24) is 5.32 Å². The van der Waals surface area contributed by atoms with Gasteiger partial charge in [0.05, 0.1) is 0 Å². The highest BCUT2D eigenvalue weighted by atomic mass is 32.2. The van der Waals surface area contributed by atoms with E-state index >= 15 is 0 Å². The van der Waals surface area contributed by atoms with Gasteiger partial charge >= 0.3 is 5.97 Å². The summed E-state index contributed by atoms with van der Waals surface area (Å²) in [6, 6.07) is 4.91. The van der Waals surface area contributed by atoms with Crippen LogP contribution in [0, 0.1) is 5.82 Å². The monoisotopic (exact) mass is 259 g/mol. The van der Waals surface area contributed by atoms with E-state index in [-0.39, 0.29) is 11.6 Å². The molecule has 0 aliphatic rings. The molecule has 0 amide bonds. The SMILES string of the molecule is CS(=O)C[C@H](NCc1ccc(F)cc1)C(=O)O. The van der Waals surface area contributed by atoms with Crippen LogP contribution in [0.25, 0.3) is 0 Å². The molecule has 2 atom stereocenters. The Labute approximate surface area is 101 Å². The highest BCUT2D eigenvalue weighted by Crippen LogP contribution is 2.03. The third-order valence-electron chi connectivity index (χ3n) is 2.17. The van der Waals surface area contributed by atoms with E-state index in [2.05, 4.69) is 5.32 Å². The Hall–Kier alpha value is -1.27. The number of benzene rings is 1. The smallest absolute Gasteiger partial charge is 0.321 e. The maximum absolute atomic E-state index is 12.6. The highest BCUT2D eigenvalue weighted by molar-refractivity contribution is 7.84. The van der Waals surface area contributed by atoms with Crippen LogP contribution >= 0.6 is 0 Å². The van der Waals surface area contributed by atoms with E-state index in [4.69, 9.17) is 5.11 Å². The molecule has 2 N–H and O–H groups in total. The fourth-order valence-corrected chi connectivity index (χ4v) is 2.03. The van der Waals surface area contributed by atoms with E-state index in [9.17, 15) is 13.4 Å². The van der Waals surface area contributed by atoms with Crippen LogP contribution in [0.2, 0.25) is 0 Å². The maximum Gasteiger partial charge on any atom is 0.321 e. The van der Waals surface area contributed by atoms with Crippen LogP contribution in [0.5, 0.6) is 0 Å². The second kappa shape index (κ2) is 6.46. The highest BCUT2D eigenvalue weighted by Gasteiger charge is 2.17. The van der Waals surface area contributed by atoms with E-state index in [1.54, 1.807) is 12.1 Å². The third kappa shape index (κ3) is 5.06. The lowest BCUT2D eigenvalue weighted by Crippen LogP contribution is -2.40.